The van der Waals surface area contributed by atoms with Crippen molar-refractivity contribution < 1.29 is 14.3 Å². The molecule has 22 heavy (non-hydrogen) atoms. The van der Waals surface area contributed by atoms with Gasteiger partial charge in [-0.05, 0) is 19.1 Å². The monoisotopic (exact) mass is 305 g/mol. The van der Waals surface area contributed by atoms with E-state index < -0.39 is 5.60 Å². The zero-order valence-electron chi connectivity index (χ0n) is 13.4. The molecule has 120 valence electrons. The lowest BCUT2D eigenvalue weighted by Crippen LogP contribution is -2.59. The number of hydrogen-bond acceptors (Lipinski definition) is 4. The average Bonchev–Trinajstić information content (AvgIpc) is 2.53. The lowest BCUT2D eigenvalue weighted by Gasteiger charge is -2.40. The second-order valence-corrected chi connectivity index (χ2v) is 5.82. The quantitative estimate of drug-likeness (QED) is 0.822. The zero-order chi connectivity index (χ0) is 16.2. The lowest BCUT2D eigenvalue weighted by atomic mass is 10.0. The summed E-state index contributed by atoms with van der Waals surface area (Å²) in [5, 5.41) is 0. The molecule has 2 amide bonds. The van der Waals surface area contributed by atoms with Gasteiger partial charge >= 0.3 is 0 Å². The highest BCUT2D eigenvalue weighted by Gasteiger charge is 2.41. The van der Waals surface area contributed by atoms with Gasteiger partial charge in [0, 0.05) is 45.4 Å². The van der Waals surface area contributed by atoms with Gasteiger partial charge in [0.1, 0.15) is 0 Å². The molecule has 1 fully saturated rings. The van der Waals surface area contributed by atoms with Crippen LogP contribution in [0.3, 0.4) is 0 Å². The molecule has 1 aromatic heterocycles. The van der Waals surface area contributed by atoms with Crippen LogP contribution in [0.1, 0.15) is 19.5 Å². The van der Waals surface area contributed by atoms with E-state index in [-0.39, 0.29) is 11.8 Å². The van der Waals surface area contributed by atoms with Crippen LogP contribution in [0.2, 0.25) is 0 Å². The number of morpholine rings is 1. The maximum absolute atomic E-state index is 12.7. The van der Waals surface area contributed by atoms with Crippen molar-refractivity contribution in [2.45, 2.75) is 25.9 Å². The van der Waals surface area contributed by atoms with Crippen LogP contribution < -0.4 is 0 Å². The molecule has 6 nitrogen and oxygen atoms in total. The Balaban J connectivity index is 1.95. The van der Waals surface area contributed by atoms with Crippen LogP contribution in [0, 0.1) is 0 Å². The van der Waals surface area contributed by atoms with Crippen molar-refractivity contribution in [3.05, 3.63) is 30.1 Å². The second-order valence-electron chi connectivity index (χ2n) is 5.82. The standard InChI is InChI=1S/C16H23N3O3/c1-13(20)19-10-11-22-16(2,12-19)15(21)18(3)9-7-14-6-4-5-8-17-14/h4-6,8H,7,9-12H2,1-3H3/t16-/m0/s1. The van der Waals surface area contributed by atoms with Crippen molar-refractivity contribution >= 4 is 11.8 Å². The molecule has 0 bridgehead atoms. The first-order valence-corrected chi connectivity index (χ1v) is 7.47. The van der Waals surface area contributed by atoms with Gasteiger partial charge in [0.2, 0.25) is 5.91 Å². The van der Waals surface area contributed by atoms with Crippen LogP contribution in [0.15, 0.2) is 24.4 Å². The minimum atomic E-state index is -0.969. The molecule has 0 aliphatic carbocycles. The molecule has 1 aliphatic rings. The number of ether oxygens (including phenoxy) is 1. The smallest absolute Gasteiger partial charge is 0.256 e. The summed E-state index contributed by atoms with van der Waals surface area (Å²) in [7, 11) is 1.76. The Morgan fingerprint density at radius 3 is 2.86 bits per heavy atom. The summed E-state index contributed by atoms with van der Waals surface area (Å²) in [5.41, 5.74) is -0.0230. The number of carbonyl (C=O) groups is 2. The summed E-state index contributed by atoms with van der Waals surface area (Å²) in [6.07, 6.45) is 2.43. The van der Waals surface area contributed by atoms with E-state index in [0.717, 1.165) is 5.69 Å². The molecule has 1 atom stereocenters. The van der Waals surface area contributed by atoms with E-state index in [2.05, 4.69) is 4.98 Å². The van der Waals surface area contributed by atoms with Gasteiger partial charge in [0.25, 0.3) is 5.91 Å². The van der Waals surface area contributed by atoms with Gasteiger partial charge in [-0.1, -0.05) is 6.07 Å². The van der Waals surface area contributed by atoms with Gasteiger partial charge < -0.3 is 14.5 Å². The Bertz CT molecular complexity index is 535. The van der Waals surface area contributed by atoms with E-state index in [1.54, 1.807) is 30.0 Å². The second kappa shape index (κ2) is 6.87. The Hall–Kier alpha value is -1.95. The molecule has 6 heteroatoms. The number of aromatic nitrogens is 1. The van der Waals surface area contributed by atoms with Crippen molar-refractivity contribution in [3.8, 4) is 0 Å². The summed E-state index contributed by atoms with van der Waals surface area (Å²) in [4.78, 5) is 31.7. The Labute approximate surface area is 131 Å². The van der Waals surface area contributed by atoms with Crippen LogP contribution in [0.4, 0.5) is 0 Å². The van der Waals surface area contributed by atoms with Gasteiger partial charge in [-0.3, -0.25) is 14.6 Å². The minimum Gasteiger partial charge on any atom is -0.362 e. The van der Waals surface area contributed by atoms with E-state index in [1.807, 2.05) is 18.2 Å². The molecule has 0 saturated carbocycles. The average molecular weight is 305 g/mol. The van der Waals surface area contributed by atoms with Crippen molar-refractivity contribution in [1.29, 1.82) is 0 Å². The van der Waals surface area contributed by atoms with Crippen LogP contribution in [0.25, 0.3) is 0 Å². The predicted octanol–water partition coefficient (Wildman–Crippen LogP) is 0.720. The molecule has 0 radical (unpaired) electrons. The van der Waals surface area contributed by atoms with E-state index >= 15 is 0 Å². The molecule has 1 aromatic rings. The fourth-order valence-electron chi connectivity index (χ4n) is 2.60. The number of amides is 2. The number of nitrogens with zero attached hydrogens (tertiary/aromatic N) is 3. The Morgan fingerprint density at radius 1 is 1.45 bits per heavy atom. The van der Waals surface area contributed by atoms with Gasteiger partial charge in [-0.15, -0.1) is 0 Å². The number of likely N-dealkylation sites (N-methyl/N-ethyl adjacent to an activating group) is 1. The van der Waals surface area contributed by atoms with Gasteiger partial charge in [-0.25, -0.2) is 0 Å². The van der Waals surface area contributed by atoms with Crippen LogP contribution >= 0.6 is 0 Å². The van der Waals surface area contributed by atoms with Gasteiger partial charge in [0.05, 0.1) is 13.2 Å². The van der Waals surface area contributed by atoms with Crippen molar-refractivity contribution in [2.24, 2.45) is 0 Å². The number of rotatable bonds is 4. The van der Waals surface area contributed by atoms with E-state index in [0.29, 0.717) is 32.7 Å². The first kappa shape index (κ1) is 16.4. The summed E-state index contributed by atoms with van der Waals surface area (Å²) in [6, 6.07) is 5.74. The molecule has 2 heterocycles. The fourth-order valence-corrected chi connectivity index (χ4v) is 2.60. The van der Waals surface area contributed by atoms with Crippen molar-refractivity contribution in [3.63, 3.8) is 0 Å². The SMILES string of the molecule is CC(=O)N1CCO[C@](C)(C(=O)N(C)CCc2ccccn2)C1. The van der Waals surface area contributed by atoms with E-state index in [9.17, 15) is 9.59 Å². The largest absolute Gasteiger partial charge is 0.362 e. The Kier molecular flexibility index (Phi) is 5.13. The third-order valence-electron chi connectivity index (χ3n) is 3.95. The maximum Gasteiger partial charge on any atom is 0.256 e. The highest BCUT2D eigenvalue weighted by Crippen LogP contribution is 2.20. The lowest BCUT2D eigenvalue weighted by molar-refractivity contribution is -0.169. The van der Waals surface area contributed by atoms with Crippen molar-refractivity contribution in [1.82, 2.24) is 14.8 Å². The summed E-state index contributed by atoms with van der Waals surface area (Å²) < 4.78 is 5.68. The normalized spacial score (nSPS) is 21.5. The molecular weight excluding hydrogens is 282 g/mol. The summed E-state index contributed by atoms with van der Waals surface area (Å²) >= 11 is 0. The number of hydrogen-bond donors (Lipinski definition) is 0. The third-order valence-corrected chi connectivity index (χ3v) is 3.95. The first-order chi connectivity index (χ1) is 10.4. The van der Waals surface area contributed by atoms with Crippen molar-refractivity contribution in [2.75, 3.05) is 33.3 Å². The van der Waals surface area contributed by atoms with E-state index in [4.69, 9.17) is 4.74 Å². The highest BCUT2D eigenvalue weighted by molar-refractivity contribution is 5.86. The van der Waals surface area contributed by atoms with Crippen LogP contribution in [-0.2, 0) is 20.7 Å². The summed E-state index contributed by atoms with van der Waals surface area (Å²) in [6.45, 7) is 5.05. The fraction of sp³-hybridized carbons (Fsp3) is 0.562. The third kappa shape index (κ3) is 3.82. The van der Waals surface area contributed by atoms with E-state index in [1.165, 1.54) is 6.92 Å². The molecule has 0 N–H and O–H groups in total. The molecule has 2 rings (SSSR count). The zero-order valence-corrected chi connectivity index (χ0v) is 13.4. The number of pyridine rings is 1. The van der Waals surface area contributed by atoms with Gasteiger partial charge in [-0.2, -0.15) is 0 Å². The molecule has 1 aliphatic heterocycles. The molecule has 0 aromatic carbocycles. The predicted molar refractivity (Wildman–Crippen MR) is 82.2 cm³/mol. The molecule has 0 spiro atoms. The minimum absolute atomic E-state index is 0.0292. The Morgan fingerprint density at radius 2 is 2.23 bits per heavy atom. The van der Waals surface area contributed by atoms with Crippen LogP contribution in [0.5, 0.6) is 0 Å². The number of carbonyl (C=O) groups excluding carboxylic acids is 2. The summed E-state index contributed by atoms with van der Waals surface area (Å²) in [5.74, 6) is -0.132. The topological polar surface area (TPSA) is 62.7 Å². The maximum atomic E-state index is 12.7. The molecular formula is C16H23N3O3. The molecule has 1 saturated heterocycles. The first-order valence-electron chi connectivity index (χ1n) is 7.47. The highest BCUT2D eigenvalue weighted by atomic mass is 16.5. The van der Waals surface area contributed by atoms with Crippen LogP contribution in [-0.4, -0.2) is 65.5 Å². The molecule has 0 unspecified atom stereocenters. The van der Waals surface area contributed by atoms with Gasteiger partial charge in [0.15, 0.2) is 5.60 Å².